The molecule has 3 heteroatoms. The van der Waals surface area contributed by atoms with Gasteiger partial charge in [-0.2, -0.15) is 0 Å². The molecule has 0 spiro atoms. The maximum absolute atomic E-state index is 5.42. The lowest BCUT2D eigenvalue weighted by Crippen LogP contribution is -2.18. The summed E-state index contributed by atoms with van der Waals surface area (Å²) in [7, 11) is 5.88. The van der Waals surface area contributed by atoms with Gasteiger partial charge in [0, 0.05) is 12.6 Å². The van der Waals surface area contributed by atoms with E-state index < -0.39 is 0 Å². The monoisotopic (exact) mass is 250 g/mol. The van der Waals surface area contributed by atoms with Crippen LogP contribution in [0.1, 0.15) is 32.3 Å². The first kappa shape index (κ1) is 14.8. The second-order valence-electron chi connectivity index (χ2n) is 4.93. The van der Waals surface area contributed by atoms with E-state index in [1.54, 1.807) is 7.11 Å². The summed E-state index contributed by atoms with van der Waals surface area (Å²) in [5, 5.41) is 3.57. The minimum absolute atomic E-state index is 0.508. The Morgan fingerprint density at radius 1 is 1.22 bits per heavy atom. The van der Waals surface area contributed by atoms with E-state index in [2.05, 4.69) is 50.3 Å². The Labute approximate surface area is 111 Å². The Morgan fingerprint density at radius 2 is 1.89 bits per heavy atom. The zero-order valence-electron chi connectivity index (χ0n) is 12.3. The van der Waals surface area contributed by atoms with Crippen LogP contribution in [0, 0.1) is 0 Å². The maximum atomic E-state index is 5.42. The standard InChI is InChI=1S/C15H26N2O/c1-6-13(7-2)16-14-10-12(11-17(3)4)8-9-15(14)18-5/h8-10,13,16H,6-7,11H2,1-5H3. The summed E-state index contributed by atoms with van der Waals surface area (Å²) >= 11 is 0. The van der Waals surface area contributed by atoms with Crippen molar-refractivity contribution in [1.82, 2.24) is 4.90 Å². The van der Waals surface area contributed by atoms with Gasteiger partial charge in [0.25, 0.3) is 0 Å². The highest BCUT2D eigenvalue weighted by Gasteiger charge is 2.09. The molecule has 1 N–H and O–H groups in total. The van der Waals surface area contributed by atoms with Gasteiger partial charge in [-0.15, -0.1) is 0 Å². The average Bonchev–Trinajstić information content (AvgIpc) is 2.35. The minimum atomic E-state index is 0.508. The third-order valence-corrected chi connectivity index (χ3v) is 3.11. The number of nitrogens with one attached hydrogen (secondary N) is 1. The van der Waals surface area contributed by atoms with E-state index in [9.17, 15) is 0 Å². The van der Waals surface area contributed by atoms with E-state index in [0.29, 0.717) is 6.04 Å². The van der Waals surface area contributed by atoms with Crippen molar-refractivity contribution in [1.29, 1.82) is 0 Å². The van der Waals surface area contributed by atoms with Crippen LogP contribution in [-0.2, 0) is 6.54 Å². The van der Waals surface area contributed by atoms with Gasteiger partial charge in [-0.05, 0) is 44.6 Å². The van der Waals surface area contributed by atoms with Gasteiger partial charge in [-0.25, -0.2) is 0 Å². The van der Waals surface area contributed by atoms with E-state index in [1.807, 2.05) is 6.07 Å². The van der Waals surface area contributed by atoms with Gasteiger partial charge in [-0.3, -0.25) is 0 Å². The van der Waals surface area contributed by atoms with E-state index in [-0.39, 0.29) is 0 Å². The molecule has 0 fully saturated rings. The molecule has 0 saturated carbocycles. The molecule has 102 valence electrons. The van der Waals surface area contributed by atoms with Crippen molar-refractivity contribution in [3.63, 3.8) is 0 Å². The second kappa shape index (κ2) is 7.27. The van der Waals surface area contributed by atoms with E-state index >= 15 is 0 Å². The van der Waals surface area contributed by atoms with Gasteiger partial charge in [0.2, 0.25) is 0 Å². The van der Waals surface area contributed by atoms with Gasteiger partial charge < -0.3 is 15.0 Å². The molecule has 0 atom stereocenters. The summed E-state index contributed by atoms with van der Waals surface area (Å²) in [5.74, 6) is 0.921. The number of anilines is 1. The van der Waals surface area contributed by atoms with Crippen LogP contribution in [0.25, 0.3) is 0 Å². The molecule has 0 unspecified atom stereocenters. The Morgan fingerprint density at radius 3 is 2.39 bits per heavy atom. The smallest absolute Gasteiger partial charge is 0.141 e. The summed E-state index contributed by atoms with van der Waals surface area (Å²) in [5.41, 5.74) is 2.40. The van der Waals surface area contributed by atoms with Crippen LogP contribution in [-0.4, -0.2) is 32.1 Å². The van der Waals surface area contributed by atoms with Crippen LogP contribution in [0.5, 0.6) is 5.75 Å². The fraction of sp³-hybridized carbons (Fsp3) is 0.600. The summed E-state index contributed by atoms with van der Waals surface area (Å²) < 4.78 is 5.42. The predicted octanol–water partition coefficient (Wildman–Crippen LogP) is 3.36. The quantitative estimate of drug-likeness (QED) is 0.803. The Kier molecular flexibility index (Phi) is 5.99. The third kappa shape index (κ3) is 4.22. The zero-order chi connectivity index (χ0) is 13.5. The first-order valence-electron chi connectivity index (χ1n) is 6.68. The van der Waals surface area contributed by atoms with Crippen LogP contribution >= 0.6 is 0 Å². The van der Waals surface area contributed by atoms with E-state index in [1.165, 1.54) is 5.56 Å². The lowest BCUT2D eigenvalue weighted by atomic mass is 10.1. The number of hydrogen-bond acceptors (Lipinski definition) is 3. The highest BCUT2D eigenvalue weighted by Crippen LogP contribution is 2.27. The van der Waals surface area contributed by atoms with Gasteiger partial charge in [0.05, 0.1) is 12.8 Å². The van der Waals surface area contributed by atoms with Crippen molar-refractivity contribution in [3.8, 4) is 5.75 Å². The number of rotatable bonds is 7. The highest BCUT2D eigenvalue weighted by molar-refractivity contribution is 5.58. The molecule has 0 bridgehead atoms. The molecule has 0 amide bonds. The average molecular weight is 250 g/mol. The maximum Gasteiger partial charge on any atom is 0.141 e. The molecule has 1 aromatic rings. The molecule has 0 aliphatic carbocycles. The zero-order valence-corrected chi connectivity index (χ0v) is 12.3. The van der Waals surface area contributed by atoms with E-state index in [4.69, 9.17) is 4.74 Å². The largest absolute Gasteiger partial charge is 0.495 e. The van der Waals surface area contributed by atoms with Crippen molar-refractivity contribution < 1.29 is 4.74 Å². The number of ether oxygens (including phenoxy) is 1. The fourth-order valence-corrected chi connectivity index (χ4v) is 2.04. The fourth-order valence-electron chi connectivity index (χ4n) is 2.04. The molecule has 0 heterocycles. The van der Waals surface area contributed by atoms with Crippen LogP contribution < -0.4 is 10.1 Å². The SMILES string of the molecule is CCC(CC)Nc1cc(CN(C)C)ccc1OC. The number of nitrogens with zero attached hydrogens (tertiary/aromatic N) is 1. The molecule has 1 aromatic carbocycles. The van der Waals surface area contributed by atoms with Gasteiger partial charge >= 0.3 is 0 Å². The van der Waals surface area contributed by atoms with E-state index in [0.717, 1.165) is 30.8 Å². The van der Waals surface area contributed by atoms with Gasteiger partial charge in [-0.1, -0.05) is 19.9 Å². The van der Waals surface area contributed by atoms with Crippen LogP contribution in [0.3, 0.4) is 0 Å². The first-order valence-corrected chi connectivity index (χ1v) is 6.68. The van der Waals surface area contributed by atoms with Gasteiger partial charge in [0.1, 0.15) is 5.75 Å². The predicted molar refractivity (Wildman–Crippen MR) is 78.4 cm³/mol. The summed E-state index contributed by atoms with van der Waals surface area (Å²) in [6, 6.07) is 6.87. The molecule has 0 radical (unpaired) electrons. The molecular weight excluding hydrogens is 224 g/mol. The molecule has 0 saturated heterocycles. The molecular formula is C15H26N2O. The molecule has 0 aliphatic rings. The normalized spacial score (nSPS) is 11.1. The van der Waals surface area contributed by atoms with Gasteiger partial charge in [0.15, 0.2) is 0 Å². The highest BCUT2D eigenvalue weighted by atomic mass is 16.5. The molecule has 18 heavy (non-hydrogen) atoms. The molecule has 3 nitrogen and oxygen atoms in total. The summed E-state index contributed by atoms with van der Waals surface area (Å²) in [6.07, 6.45) is 2.25. The Bertz CT molecular complexity index is 360. The lowest BCUT2D eigenvalue weighted by molar-refractivity contribution is 0.400. The van der Waals surface area contributed by atoms with Crippen molar-refractivity contribution in [2.45, 2.75) is 39.3 Å². The van der Waals surface area contributed by atoms with Crippen LogP contribution in [0.15, 0.2) is 18.2 Å². The number of benzene rings is 1. The number of hydrogen-bond donors (Lipinski definition) is 1. The molecule has 0 aliphatic heterocycles. The van der Waals surface area contributed by atoms with Crippen molar-refractivity contribution in [2.75, 3.05) is 26.5 Å². The Balaban J connectivity index is 2.90. The Hall–Kier alpha value is -1.22. The summed E-state index contributed by atoms with van der Waals surface area (Å²) in [6.45, 7) is 5.36. The number of methoxy groups -OCH3 is 1. The second-order valence-corrected chi connectivity index (χ2v) is 4.93. The third-order valence-electron chi connectivity index (χ3n) is 3.11. The molecule has 0 aromatic heterocycles. The minimum Gasteiger partial charge on any atom is -0.495 e. The molecule has 1 rings (SSSR count). The topological polar surface area (TPSA) is 24.5 Å². The van der Waals surface area contributed by atoms with Crippen molar-refractivity contribution >= 4 is 5.69 Å². The van der Waals surface area contributed by atoms with Crippen molar-refractivity contribution in [2.24, 2.45) is 0 Å². The summed E-state index contributed by atoms with van der Waals surface area (Å²) in [4.78, 5) is 2.17. The van der Waals surface area contributed by atoms with Crippen LogP contribution in [0.2, 0.25) is 0 Å². The van der Waals surface area contributed by atoms with Crippen LogP contribution in [0.4, 0.5) is 5.69 Å². The van der Waals surface area contributed by atoms with Crippen molar-refractivity contribution in [3.05, 3.63) is 23.8 Å². The first-order chi connectivity index (χ1) is 8.60. The lowest BCUT2D eigenvalue weighted by Gasteiger charge is -2.20.